The van der Waals surface area contributed by atoms with Crippen LogP contribution in [0.15, 0.2) is 22.7 Å². The number of hydrogen-bond donors (Lipinski definition) is 3. The predicted molar refractivity (Wildman–Crippen MR) is 85.3 cm³/mol. The molecular formula is C14H17BrN4O2. The van der Waals surface area contributed by atoms with Gasteiger partial charge in [-0.2, -0.15) is 0 Å². The summed E-state index contributed by atoms with van der Waals surface area (Å²) in [7, 11) is 1.87. The molecular weight excluding hydrogens is 336 g/mol. The molecule has 0 amide bonds. The first kappa shape index (κ1) is 15.4. The number of ether oxygens (including phenoxy) is 1. The van der Waals surface area contributed by atoms with Crippen LogP contribution in [0.4, 0.5) is 0 Å². The largest absolute Gasteiger partial charge is 0.462 e. The van der Waals surface area contributed by atoms with E-state index in [0.29, 0.717) is 12.2 Å². The number of guanidine groups is 1. The number of hydrogen-bond acceptors (Lipinski definition) is 3. The third-order valence-electron chi connectivity index (χ3n) is 3.21. The number of esters is 1. The number of nitrogens with two attached hydrogens (primary N) is 1. The number of aromatic nitrogens is 1. The molecule has 21 heavy (non-hydrogen) atoms. The van der Waals surface area contributed by atoms with E-state index in [1.807, 2.05) is 29.8 Å². The van der Waals surface area contributed by atoms with Gasteiger partial charge in [-0.3, -0.25) is 5.41 Å². The maximum absolute atomic E-state index is 12.3. The first-order valence-corrected chi connectivity index (χ1v) is 7.26. The first-order valence-electron chi connectivity index (χ1n) is 6.47. The Labute approximate surface area is 130 Å². The normalized spacial score (nSPS) is 10.6. The molecule has 0 aliphatic carbocycles. The molecule has 2 rings (SSSR count). The Balaban J connectivity index is 2.63. The van der Waals surface area contributed by atoms with Gasteiger partial charge < -0.3 is 20.4 Å². The van der Waals surface area contributed by atoms with Crippen LogP contribution in [0.2, 0.25) is 0 Å². The van der Waals surface area contributed by atoms with Crippen molar-refractivity contribution in [1.29, 1.82) is 5.41 Å². The van der Waals surface area contributed by atoms with E-state index in [-0.39, 0.29) is 18.5 Å². The highest BCUT2D eigenvalue weighted by Gasteiger charge is 2.22. The second kappa shape index (κ2) is 6.17. The smallest absolute Gasteiger partial charge is 0.340 e. The van der Waals surface area contributed by atoms with Gasteiger partial charge >= 0.3 is 5.97 Å². The second-order valence-corrected chi connectivity index (χ2v) is 5.45. The highest BCUT2D eigenvalue weighted by atomic mass is 79.9. The summed E-state index contributed by atoms with van der Waals surface area (Å²) in [5.41, 5.74) is 7.49. The van der Waals surface area contributed by atoms with Crippen molar-refractivity contribution in [3.8, 4) is 0 Å². The van der Waals surface area contributed by atoms with Gasteiger partial charge in [0.1, 0.15) is 0 Å². The molecule has 0 atom stereocenters. The van der Waals surface area contributed by atoms with Crippen LogP contribution in [-0.4, -0.2) is 23.1 Å². The quantitative estimate of drug-likeness (QED) is 0.446. The molecule has 0 unspecified atom stereocenters. The number of fused-ring (bicyclic) bond motifs is 1. The average Bonchev–Trinajstić information content (AvgIpc) is 2.69. The van der Waals surface area contributed by atoms with Gasteiger partial charge in [-0.1, -0.05) is 15.9 Å². The minimum Gasteiger partial charge on any atom is -0.462 e. The number of nitrogens with zero attached hydrogens (tertiary/aromatic N) is 1. The molecule has 0 saturated heterocycles. The van der Waals surface area contributed by atoms with Crippen LogP contribution < -0.4 is 11.1 Å². The molecule has 112 valence electrons. The van der Waals surface area contributed by atoms with Gasteiger partial charge in [0.25, 0.3) is 0 Å². The topological polar surface area (TPSA) is 93.1 Å². The monoisotopic (exact) mass is 352 g/mol. The predicted octanol–water partition coefficient (Wildman–Crippen LogP) is 2.10. The zero-order valence-electron chi connectivity index (χ0n) is 11.9. The van der Waals surface area contributed by atoms with Crippen molar-refractivity contribution in [3.63, 3.8) is 0 Å². The number of nitrogens with one attached hydrogen (secondary N) is 2. The molecule has 1 heterocycles. The van der Waals surface area contributed by atoms with E-state index in [1.165, 1.54) is 0 Å². The zero-order chi connectivity index (χ0) is 15.6. The summed E-state index contributed by atoms with van der Waals surface area (Å²) in [5.74, 6) is -0.516. The number of benzene rings is 1. The fourth-order valence-corrected chi connectivity index (χ4v) is 2.65. The third kappa shape index (κ3) is 3.02. The Morgan fingerprint density at radius 1 is 1.52 bits per heavy atom. The van der Waals surface area contributed by atoms with E-state index < -0.39 is 0 Å². The Morgan fingerprint density at radius 3 is 2.86 bits per heavy atom. The highest BCUT2D eigenvalue weighted by Crippen LogP contribution is 2.29. The molecule has 0 spiro atoms. The van der Waals surface area contributed by atoms with Crippen LogP contribution in [0, 0.1) is 5.41 Å². The number of carbonyl (C=O) groups is 1. The summed E-state index contributed by atoms with van der Waals surface area (Å²) in [5, 5.41) is 10.8. The lowest BCUT2D eigenvalue weighted by molar-refractivity contribution is 0.0527. The van der Waals surface area contributed by atoms with E-state index in [2.05, 4.69) is 21.2 Å². The fourth-order valence-electron chi connectivity index (χ4n) is 2.29. The number of halogens is 1. The SMILES string of the molecule is CCOC(=O)c1c(CNC(=N)N)n(C)c2ccc(Br)cc12. The van der Waals surface area contributed by atoms with Crippen LogP contribution >= 0.6 is 15.9 Å². The summed E-state index contributed by atoms with van der Waals surface area (Å²) in [6, 6.07) is 5.73. The molecule has 1 aromatic carbocycles. The van der Waals surface area contributed by atoms with Crippen LogP contribution in [0.3, 0.4) is 0 Å². The second-order valence-electron chi connectivity index (χ2n) is 4.53. The fraction of sp³-hybridized carbons (Fsp3) is 0.286. The molecule has 2 aromatic rings. The van der Waals surface area contributed by atoms with Crippen molar-refractivity contribution in [2.45, 2.75) is 13.5 Å². The number of carbonyl (C=O) groups excluding carboxylic acids is 1. The molecule has 0 fully saturated rings. The van der Waals surface area contributed by atoms with Crippen LogP contribution in [-0.2, 0) is 18.3 Å². The molecule has 7 heteroatoms. The zero-order valence-corrected chi connectivity index (χ0v) is 13.5. The Hall–Kier alpha value is -2.02. The Kier molecular flexibility index (Phi) is 4.52. The molecule has 0 aliphatic rings. The minimum atomic E-state index is -0.374. The molecule has 1 aromatic heterocycles. The van der Waals surface area contributed by atoms with Crippen molar-refractivity contribution >= 4 is 38.8 Å². The lowest BCUT2D eigenvalue weighted by atomic mass is 10.1. The molecule has 0 aliphatic heterocycles. The molecule has 0 radical (unpaired) electrons. The molecule has 4 N–H and O–H groups in total. The van der Waals surface area contributed by atoms with Gasteiger partial charge in [0.2, 0.25) is 0 Å². The summed E-state index contributed by atoms with van der Waals surface area (Å²) in [6.07, 6.45) is 0. The van der Waals surface area contributed by atoms with Gasteiger partial charge in [0.15, 0.2) is 5.96 Å². The van der Waals surface area contributed by atoms with Gasteiger partial charge in [-0.25, -0.2) is 4.79 Å². The van der Waals surface area contributed by atoms with E-state index in [9.17, 15) is 4.79 Å². The minimum absolute atomic E-state index is 0.142. The summed E-state index contributed by atoms with van der Waals surface area (Å²) in [4.78, 5) is 12.3. The van der Waals surface area contributed by atoms with Gasteiger partial charge in [0.05, 0.1) is 24.4 Å². The van der Waals surface area contributed by atoms with Crippen LogP contribution in [0.25, 0.3) is 10.9 Å². The van der Waals surface area contributed by atoms with Crippen molar-refractivity contribution in [1.82, 2.24) is 9.88 Å². The summed E-state index contributed by atoms with van der Waals surface area (Å²) >= 11 is 3.42. The van der Waals surface area contributed by atoms with E-state index in [1.54, 1.807) is 6.92 Å². The van der Waals surface area contributed by atoms with Crippen LogP contribution in [0.1, 0.15) is 23.0 Å². The molecule has 0 saturated carbocycles. The first-order chi connectivity index (χ1) is 9.95. The van der Waals surface area contributed by atoms with Crippen molar-refractivity contribution < 1.29 is 9.53 Å². The Morgan fingerprint density at radius 2 is 2.24 bits per heavy atom. The number of rotatable bonds is 4. The lowest BCUT2D eigenvalue weighted by Gasteiger charge is -2.09. The van der Waals surface area contributed by atoms with E-state index in [0.717, 1.165) is 21.1 Å². The average molecular weight is 353 g/mol. The molecule has 6 nitrogen and oxygen atoms in total. The van der Waals surface area contributed by atoms with Crippen molar-refractivity contribution in [3.05, 3.63) is 33.9 Å². The van der Waals surface area contributed by atoms with E-state index in [4.69, 9.17) is 15.9 Å². The third-order valence-corrected chi connectivity index (χ3v) is 3.70. The van der Waals surface area contributed by atoms with Gasteiger partial charge in [0, 0.05) is 22.4 Å². The summed E-state index contributed by atoms with van der Waals surface area (Å²) in [6.45, 7) is 2.36. The highest BCUT2D eigenvalue weighted by molar-refractivity contribution is 9.10. The van der Waals surface area contributed by atoms with Gasteiger partial charge in [-0.15, -0.1) is 0 Å². The van der Waals surface area contributed by atoms with Crippen molar-refractivity contribution in [2.75, 3.05) is 6.61 Å². The van der Waals surface area contributed by atoms with Crippen LogP contribution in [0.5, 0.6) is 0 Å². The van der Waals surface area contributed by atoms with E-state index >= 15 is 0 Å². The standard InChI is InChI=1S/C14H17BrN4O2/c1-3-21-13(20)12-9-6-8(15)4-5-10(9)19(2)11(12)7-18-14(16)17/h4-6H,3,7H2,1-2H3,(H4,16,17,18). The van der Waals surface area contributed by atoms with Gasteiger partial charge in [-0.05, 0) is 25.1 Å². The maximum Gasteiger partial charge on any atom is 0.340 e. The number of aryl methyl sites for hydroxylation is 1. The Bertz CT molecular complexity index is 709. The van der Waals surface area contributed by atoms with Crippen molar-refractivity contribution in [2.24, 2.45) is 12.8 Å². The molecule has 0 bridgehead atoms. The summed E-state index contributed by atoms with van der Waals surface area (Å²) < 4.78 is 7.95. The maximum atomic E-state index is 12.3. The lowest BCUT2D eigenvalue weighted by Crippen LogP contribution is -2.31.